The quantitative estimate of drug-likeness (QED) is 0.175. The summed E-state index contributed by atoms with van der Waals surface area (Å²) in [5.41, 5.74) is 15.1. The van der Waals surface area contributed by atoms with E-state index in [4.69, 9.17) is 4.74 Å². The first kappa shape index (κ1) is 29.0. The normalized spacial score (nSPS) is 12.7. The topological polar surface area (TPSA) is 17.4 Å². The molecule has 2 aliphatic heterocycles. The summed E-state index contributed by atoms with van der Waals surface area (Å²) < 4.78 is 9.69. The Morgan fingerprint density at radius 2 is 0.962 bits per heavy atom. The monoisotopic (exact) mass is 662 g/mol. The Morgan fingerprint density at radius 3 is 1.67 bits per heavy atom. The van der Waals surface area contributed by atoms with E-state index in [2.05, 4.69) is 197 Å². The molecule has 52 heavy (non-hydrogen) atoms. The fourth-order valence-electron chi connectivity index (χ4n) is 8.64. The second kappa shape index (κ2) is 11.4. The third kappa shape index (κ3) is 4.21. The average Bonchev–Trinajstić information content (AvgIpc) is 3.55. The molecule has 0 aliphatic carbocycles. The van der Waals surface area contributed by atoms with Crippen LogP contribution in [0.3, 0.4) is 0 Å². The van der Waals surface area contributed by atoms with E-state index in [9.17, 15) is 0 Å². The number of ether oxygens (including phenoxy) is 1. The fourth-order valence-corrected chi connectivity index (χ4v) is 8.64. The smallest absolute Gasteiger partial charge is 0.336 e. The Kier molecular flexibility index (Phi) is 6.35. The molecule has 0 spiro atoms. The first-order valence-corrected chi connectivity index (χ1v) is 17.9. The highest BCUT2D eigenvalue weighted by atomic mass is 16.5. The number of aromatic nitrogens is 1. The molecule has 11 rings (SSSR count). The molecule has 0 saturated carbocycles. The van der Waals surface area contributed by atoms with Crippen LogP contribution in [0.4, 0.5) is 11.4 Å². The van der Waals surface area contributed by atoms with Crippen LogP contribution in [0.1, 0.15) is 0 Å². The van der Waals surface area contributed by atoms with Crippen LogP contribution < -0.4 is 20.5 Å². The van der Waals surface area contributed by atoms with E-state index < -0.39 is 0 Å². The highest BCUT2D eigenvalue weighted by Gasteiger charge is 2.45. The van der Waals surface area contributed by atoms with Crippen molar-refractivity contribution in [3.63, 3.8) is 0 Å². The van der Waals surface area contributed by atoms with Gasteiger partial charge in [0, 0.05) is 38.7 Å². The van der Waals surface area contributed by atoms with Crippen molar-refractivity contribution in [2.45, 2.75) is 0 Å². The lowest BCUT2D eigenvalue weighted by atomic mass is 9.44. The molecule has 1 aromatic heterocycles. The van der Waals surface area contributed by atoms with Crippen molar-refractivity contribution < 1.29 is 4.74 Å². The van der Waals surface area contributed by atoms with Crippen LogP contribution in [0.5, 0.6) is 11.5 Å². The van der Waals surface area contributed by atoms with Crippen LogP contribution in [0.15, 0.2) is 188 Å². The average molecular weight is 663 g/mol. The molecule has 0 N–H and O–H groups in total. The van der Waals surface area contributed by atoms with Gasteiger partial charge in [0.2, 0.25) is 0 Å². The summed E-state index contributed by atoms with van der Waals surface area (Å²) in [5.74, 6) is 1.77. The minimum atomic E-state index is -0.147. The first-order valence-electron chi connectivity index (χ1n) is 17.9. The zero-order chi connectivity index (χ0) is 34.2. The predicted molar refractivity (Wildman–Crippen MR) is 217 cm³/mol. The Balaban J connectivity index is 1.24. The Bertz CT molecular complexity index is 2790. The molecule has 0 saturated heterocycles. The van der Waals surface area contributed by atoms with Crippen molar-refractivity contribution in [2.24, 2.45) is 0 Å². The second-order valence-corrected chi connectivity index (χ2v) is 13.6. The maximum Gasteiger partial charge on any atom is 0.336 e. The van der Waals surface area contributed by atoms with Gasteiger partial charge in [-0.1, -0.05) is 146 Å². The summed E-state index contributed by atoms with van der Waals surface area (Å²) in [4.78, 5) is 2.56. The molecule has 0 atom stereocenters. The van der Waals surface area contributed by atoms with E-state index >= 15 is 0 Å². The number of nitrogens with zero attached hydrogens (tertiary/aromatic N) is 2. The molecule has 0 bridgehead atoms. The Hall–Kier alpha value is -6.78. The zero-order valence-electron chi connectivity index (χ0n) is 28.3. The van der Waals surface area contributed by atoms with Gasteiger partial charge in [-0.3, -0.25) is 0 Å². The van der Waals surface area contributed by atoms with Gasteiger partial charge in [-0.2, -0.15) is 0 Å². The molecular weight excluding hydrogens is 631 g/mol. The number of para-hydroxylation sites is 5. The SMILES string of the molecule is c1ccc(-c2cc3c4c(c2)-c2ccccc2N(c2ccccc2-c2ccccc2)B4c2cccc(-n4c5ccccc5c5ccccc54)c2O3)cc1. The minimum absolute atomic E-state index is 0.147. The van der Waals surface area contributed by atoms with Crippen LogP contribution in [-0.4, -0.2) is 11.4 Å². The van der Waals surface area contributed by atoms with Gasteiger partial charge in [0.1, 0.15) is 11.5 Å². The number of hydrogen-bond acceptors (Lipinski definition) is 2. The number of hydrogen-bond donors (Lipinski definition) is 0. The summed E-state index contributed by atoms with van der Waals surface area (Å²) in [7, 11) is 0. The van der Waals surface area contributed by atoms with Gasteiger partial charge in [0.15, 0.2) is 0 Å². The van der Waals surface area contributed by atoms with Crippen LogP contribution >= 0.6 is 0 Å². The van der Waals surface area contributed by atoms with E-state index in [1.807, 2.05) is 0 Å². The van der Waals surface area contributed by atoms with Crippen LogP contribution in [0, 0.1) is 0 Å². The highest BCUT2D eigenvalue weighted by Crippen LogP contribution is 2.48. The van der Waals surface area contributed by atoms with Crippen molar-refractivity contribution in [1.82, 2.24) is 4.57 Å². The molecule has 9 aromatic rings. The van der Waals surface area contributed by atoms with Crippen molar-refractivity contribution in [1.29, 1.82) is 0 Å². The molecule has 8 aromatic carbocycles. The fraction of sp³-hybridized carbons (Fsp3) is 0. The van der Waals surface area contributed by atoms with E-state index in [0.29, 0.717) is 0 Å². The summed E-state index contributed by atoms with van der Waals surface area (Å²) in [5, 5.41) is 2.45. The molecule has 242 valence electrons. The van der Waals surface area contributed by atoms with Gasteiger partial charge in [-0.05, 0) is 70.2 Å². The van der Waals surface area contributed by atoms with Crippen molar-refractivity contribution in [3.05, 3.63) is 188 Å². The summed E-state index contributed by atoms with van der Waals surface area (Å²) in [6.07, 6.45) is 0. The summed E-state index contributed by atoms with van der Waals surface area (Å²) in [6.45, 7) is -0.147. The lowest BCUT2D eigenvalue weighted by Gasteiger charge is -2.43. The highest BCUT2D eigenvalue weighted by molar-refractivity contribution is 6.92. The molecule has 3 nitrogen and oxygen atoms in total. The number of anilines is 2. The van der Waals surface area contributed by atoms with Gasteiger partial charge < -0.3 is 14.1 Å². The number of fused-ring (bicyclic) bond motifs is 7. The van der Waals surface area contributed by atoms with Gasteiger partial charge >= 0.3 is 6.85 Å². The molecule has 3 heterocycles. The molecule has 0 radical (unpaired) electrons. The standard InChI is InChI=1S/C48H31BN2O/c1-3-16-32(17-4-1)34-30-39-38-23-10-14-28-44(38)51(43-27-13-7-20-35(43)33-18-5-2-6-19-33)49-40-24-15-29-45(48(40)52-46(31-34)47(39)49)50-41-25-11-8-21-36(41)37-22-9-12-26-42(37)50/h1-31H. The second-order valence-electron chi connectivity index (χ2n) is 13.6. The van der Waals surface area contributed by atoms with Gasteiger partial charge in [-0.25, -0.2) is 0 Å². The van der Waals surface area contributed by atoms with Crippen molar-refractivity contribution in [3.8, 4) is 50.6 Å². The van der Waals surface area contributed by atoms with E-state index in [1.165, 1.54) is 44.2 Å². The van der Waals surface area contributed by atoms with Crippen LogP contribution in [-0.2, 0) is 0 Å². The van der Waals surface area contributed by atoms with Crippen molar-refractivity contribution in [2.75, 3.05) is 4.81 Å². The van der Waals surface area contributed by atoms with E-state index in [-0.39, 0.29) is 6.85 Å². The largest absolute Gasteiger partial charge is 0.456 e. The lowest BCUT2D eigenvalue weighted by molar-refractivity contribution is 0.485. The van der Waals surface area contributed by atoms with Crippen molar-refractivity contribution >= 4 is 51.0 Å². The third-order valence-electron chi connectivity index (χ3n) is 10.8. The Morgan fingerprint density at radius 1 is 0.404 bits per heavy atom. The first-order chi connectivity index (χ1) is 25.8. The third-order valence-corrected chi connectivity index (χ3v) is 10.8. The summed E-state index contributed by atoms with van der Waals surface area (Å²) >= 11 is 0. The molecule has 0 amide bonds. The predicted octanol–water partition coefficient (Wildman–Crippen LogP) is 11.1. The van der Waals surface area contributed by atoms with Crippen LogP contribution in [0.25, 0.3) is 60.9 Å². The van der Waals surface area contributed by atoms with E-state index in [0.717, 1.165) is 50.5 Å². The molecule has 2 aliphatic rings. The summed E-state index contributed by atoms with van der Waals surface area (Å²) in [6, 6.07) is 67.8. The zero-order valence-corrected chi connectivity index (χ0v) is 28.3. The molecular formula is C48H31BN2O. The van der Waals surface area contributed by atoms with Gasteiger partial charge in [-0.15, -0.1) is 0 Å². The lowest BCUT2D eigenvalue weighted by Crippen LogP contribution is -2.60. The van der Waals surface area contributed by atoms with E-state index in [1.54, 1.807) is 0 Å². The van der Waals surface area contributed by atoms with Crippen LogP contribution in [0.2, 0.25) is 0 Å². The van der Waals surface area contributed by atoms with Gasteiger partial charge in [0.25, 0.3) is 0 Å². The Labute approximate surface area is 302 Å². The number of rotatable bonds is 4. The van der Waals surface area contributed by atoms with Gasteiger partial charge in [0.05, 0.1) is 16.7 Å². The maximum atomic E-state index is 7.31. The molecule has 4 heteroatoms. The maximum absolute atomic E-state index is 7.31. The molecule has 0 unspecified atom stereocenters. The number of benzene rings is 8. The molecule has 0 fully saturated rings. The minimum Gasteiger partial charge on any atom is -0.456 e.